The lowest BCUT2D eigenvalue weighted by atomic mass is 9.86. The molecule has 1 saturated carbocycles. The van der Waals surface area contributed by atoms with E-state index in [1.807, 2.05) is 0 Å². The van der Waals surface area contributed by atoms with Crippen molar-refractivity contribution in [2.75, 3.05) is 13.1 Å². The highest BCUT2D eigenvalue weighted by atomic mass is 32.1. The van der Waals surface area contributed by atoms with Crippen molar-refractivity contribution in [1.29, 1.82) is 5.26 Å². The topological polar surface area (TPSA) is 100 Å². The third kappa shape index (κ3) is 2.48. The third-order valence-electron chi connectivity index (χ3n) is 4.58. The van der Waals surface area contributed by atoms with Crippen molar-refractivity contribution in [3.63, 3.8) is 0 Å². The minimum absolute atomic E-state index is 0.0298. The molecular weight excluding hydrogens is 300 g/mol. The fraction of sp³-hybridized carbons (Fsp3) is 0.600. The van der Waals surface area contributed by atoms with Crippen LogP contribution >= 0.6 is 11.3 Å². The van der Waals surface area contributed by atoms with Crippen LogP contribution in [0.2, 0.25) is 0 Å². The molecule has 1 aliphatic carbocycles. The zero-order valence-corrected chi connectivity index (χ0v) is 13.1. The van der Waals surface area contributed by atoms with Crippen LogP contribution in [-0.4, -0.2) is 34.8 Å². The van der Waals surface area contributed by atoms with Crippen molar-refractivity contribution in [1.82, 2.24) is 9.88 Å². The van der Waals surface area contributed by atoms with E-state index >= 15 is 0 Å². The van der Waals surface area contributed by atoms with Gasteiger partial charge in [0.15, 0.2) is 5.01 Å². The van der Waals surface area contributed by atoms with E-state index in [1.165, 1.54) is 11.3 Å². The molecule has 0 saturated heterocycles. The first-order valence-corrected chi connectivity index (χ1v) is 8.36. The predicted octanol–water partition coefficient (Wildman–Crippen LogP) is 1.25. The summed E-state index contributed by atoms with van der Waals surface area (Å²) in [5.41, 5.74) is 5.32. The predicted molar refractivity (Wildman–Crippen MR) is 81.1 cm³/mol. The van der Waals surface area contributed by atoms with Crippen LogP contribution in [0, 0.1) is 16.7 Å². The molecule has 2 amide bonds. The number of nitrogens with zero attached hydrogens (tertiary/aromatic N) is 3. The number of fused-ring (bicyclic) bond motifs is 1. The molecule has 0 spiro atoms. The molecule has 2 aliphatic rings. The number of hydrogen-bond acceptors (Lipinski definition) is 5. The summed E-state index contributed by atoms with van der Waals surface area (Å²) in [5.74, 6) is -0.529. The average Bonchev–Trinajstić information content (AvgIpc) is 3.11. The van der Waals surface area contributed by atoms with Crippen LogP contribution in [-0.2, 0) is 17.6 Å². The number of thiazole rings is 1. The molecule has 1 fully saturated rings. The average molecular weight is 318 g/mol. The molecular formula is C15H18N4O2S. The van der Waals surface area contributed by atoms with Crippen LogP contribution in [0.1, 0.15) is 46.1 Å². The van der Waals surface area contributed by atoms with E-state index < -0.39 is 11.3 Å². The van der Waals surface area contributed by atoms with Crippen LogP contribution in [0.3, 0.4) is 0 Å². The van der Waals surface area contributed by atoms with Crippen molar-refractivity contribution in [2.45, 2.75) is 38.5 Å². The van der Waals surface area contributed by atoms with Gasteiger partial charge in [-0.25, -0.2) is 4.98 Å². The summed E-state index contributed by atoms with van der Waals surface area (Å²) in [6, 6.07) is 2.27. The van der Waals surface area contributed by atoms with E-state index in [0.717, 1.165) is 23.4 Å². The Hall–Kier alpha value is -1.94. The van der Waals surface area contributed by atoms with Crippen LogP contribution in [0.5, 0.6) is 0 Å². The van der Waals surface area contributed by atoms with Crippen molar-refractivity contribution < 1.29 is 9.59 Å². The van der Waals surface area contributed by atoms with Crippen LogP contribution in [0.4, 0.5) is 0 Å². The highest BCUT2D eigenvalue weighted by Gasteiger charge is 2.44. The van der Waals surface area contributed by atoms with E-state index in [9.17, 15) is 14.9 Å². The quantitative estimate of drug-likeness (QED) is 0.887. The number of hydrogen-bond donors (Lipinski definition) is 1. The second-order valence-electron chi connectivity index (χ2n) is 5.95. The third-order valence-corrected chi connectivity index (χ3v) is 5.76. The van der Waals surface area contributed by atoms with Gasteiger partial charge < -0.3 is 10.6 Å². The van der Waals surface area contributed by atoms with Gasteiger partial charge in [-0.3, -0.25) is 9.59 Å². The molecule has 22 heavy (non-hydrogen) atoms. The van der Waals surface area contributed by atoms with Gasteiger partial charge in [-0.1, -0.05) is 12.8 Å². The van der Waals surface area contributed by atoms with E-state index in [4.69, 9.17) is 5.73 Å². The van der Waals surface area contributed by atoms with Gasteiger partial charge in [0.05, 0.1) is 11.8 Å². The summed E-state index contributed by atoms with van der Waals surface area (Å²) >= 11 is 1.32. The number of nitrogens with two attached hydrogens (primary N) is 1. The highest BCUT2D eigenvalue weighted by Crippen LogP contribution is 2.39. The van der Waals surface area contributed by atoms with Gasteiger partial charge in [0.2, 0.25) is 5.91 Å². The Balaban J connectivity index is 1.75. The fourth-order valence-corrected chi connectivity index (χ4v) is 4.28. The lowest BCUT2D eigenvalue weighted by Gasteiger charge is -2.28. The molecule has 0 unspecified atom stereocenters. The number of nitriles is 1. The largest absolute Gasteiger partial charge is 0.364 e. The Bertz CT molecular complexity index is 629. The van der Waals surface area contributed by atoms with Crippen LogP contribution in [0.25, 0.3) is 0 Å². The summed E-state index contributed by atoms with van der Waals surface area (Å²) in [6.07, 6.45) is 4.53. The Morgan fingerprint density at radius 2 is 1.95 bits per heavy atom. The second kappa shape index (κ2) is 5.69. The van der Waals surface area contributed by atoms with Gasteiger partial charge in [-0.2, -0.15) is 5.26 Å². The molecule has 0 bridgehead atoms. The van der Waals surface area contributed by atoms with E-state index in [1.54, 1.807) is 4.90 Å². The standard InChI is InChI=1S/C15H18N4O2S/c16-9-15(5-1-2-6-15)14(21)19-7-3-10-11(4-8-19)22-13(18-10)12(17)20/h1-8H2,(H2,17,20). The molecule has 1 aromatic rings. The zero-order valence-electron chi connectivity index (χ0n) is 12.3. The molecule has 0 radical (unpaired) electrons. The van der Waals surface area contributed by atoms with E-state index in [0.29, 0.717) is 43.8 Å². The maximum atomic E-state index is 12.8. The SMILES string of the molecule is N#CC1(C(=O)N2CCc3nc(C(N)=O)sc3CC2)CCCC1. The minimum atomic E-state index is -0.816. The molecule has 1 aliphatic heterocycles. The van der Waals surface area contributed by atoms with Crippen molar-refractivity contribution in [3.8, 4) is 6.07 Å². The molecule has 0 aromatic carbocycles. The fourth-order valence-electron chi connectivity index (χ4n) is 3.33. The van der Waals surface area contributed by atoms with Crippen LogP contribution in [0.15, 0.2) is 0 Å². The first kappa shape index (κ1) is 15.0. The maximum absolute atomic E-state index is 12.8. The minimum Gasteiger partial charge on any atom is -0.364 e. The molecule has 116 valence electrons. The molecule has 7 heteroatoms. The van der Waals surface area contributed by atoms with Crippen LogP contribution < -0.4 is 5.73 Å². The van der Waals surface area contributed by atoms with Gasteiger partial charge in [-0.15, -0.1) is 11.3 Å². The Kier molecular flexibility index (Phi) is 3.87. The highest BCUT2D eigenvalue weighted by molar-refractivity contribution is 7.13. The first-order valence-electron chi connectivity index (χ1n) is 7.55. The number of aromatic nitrogens is 1. The molecule has 2 N–H and O–H groups in total. The smallest absolute Gasteiger partial charge is 0.277 e. The van der Waals surface area contributed by atoms with Crippen molar-refractivity contribution >= 4 is 23.2 Å². The van der Waals surface area contributed by atoms with E-state index in [-0.39, 0.29) is 5.91 Å². The number of carbonyl (C=O) groups excluding carboxylic acids is 2. The number of primary amides is 1. The normalized spacial score (nSPS) is 20.0. The summed E-state index contributed by atoms with van der Waals surface area (Å²) in [7, 11) is 0. The second-order valence-corrected chi connectivity index (χ2v) is 7.03. The zero-order chi connectivity index (χ0) is 15.7. The monoisotopic (exact) mass is 318 g/mol. The van der Waals surface area contributed by atoms with Gasteiger partial charge in [0.25, 0.3) is 5.91 Å². The van der Waals surface area contributed by atoms with Gasteiger partial charge in [0.1, 0.15) is 5.41 Å². The molecule has 2 heterocycles. The van der Waals surface area contributed by atoms with Gasteiger partial charge in [0, 0.05) is 30.8 Å². The Labute approximate surface area is 132 Å². The summed E-state index contributed by atoms with van der Waals surface area (Å²) in [5, 5.41) is 9.80. The lowest BCUT2D eigenvalue weighted by molar-refractivity contribution is -0.138. The molecule has 1 aromatic heterocycles. The van der Waals surface area contributed by atoms with Crippen molar-refractivity contribution in [2.24, 2.45) is 11.1 Å². The first-order chi connectivity index (χ1) is 10.6. The number of rotatable bonds is 2. The van der Waals surface area contributed by atoms with Gasteiger partial charge in [-0.05, 0) is 12.8 Å². The molecule has 3 rings (SSSR count). The van der Waals surface area contributed by atoms with E-state index in [2.05, 4.69) is 11.1 Å². The van der Waals surface area contributed by atoms with Crippen molar-refractivity contribution in [3.05, 3.63) is 15.6 Å². The molecule has 6 nitrogen and oxygen atoms in total. The Morgan fingerprint density at radius 1 is 1.27 bits per heavy atom. The van der Waals surface area contributed by atoms with Gasteiger partial charge >= 0.3 is 0 Å². The molecule has 0 atom stereocenters. The Morgan fingerprint density at radius 3 is 2.59 bits per heavy atom. The number of amides is 2. The number of carbonyl (C=O) groups is 2. The summed E-state index contributed by atoms with van der Waals surface area (Å²) in [6.45, 7) is 1.13. The maximum Gasteiger partial charge on any atom is 0.277 e. The summed E-state index contributed by atoms with van der Waals surface area (Å²) < 4.78 is 0. The lowest BCUT2D eigenvalue weighted by Crippen LogP contribution is -2.43. The summed E-state index contributed by atoms with van der Waals surface area (Å²) in [4.78, 5) is 31.1.